The molecule has 0 amide bonds. The number of benzene rings is 1. The molecule has 1 fully saturated rings. The first kappa shape index (κ1) is 19.4. The van der Waals surface area contributed by atoms with E-state index in [0.29, 0.717) is 0 Å². The van der Waals surface area contributed by atoms with E-state index in [1.165, 1.54) is 0 Å². The lowest BCUT2D eigenvalue weighted by Gasteiger charge is -2.12. The standard InChI is InChI=1S/C18H20F4O3/c1-4-5-11-12(18(11,2)3)17(24)25-8-10-15(21)13(19)9(6-7-23)14(20)16(10)22/h4-5,11-12,23H,6-8H2,1-3H3/t11?,12-/m0/s1. The number of hydrogen-bond acceptors (Lipinski definition) is 3. The average Bonchev–Trinajstić information content (AvgIpc) is 3.10. The van der Waals surface area contributed by atoms with E-state index in [1.807, 2.05) is 19.9 Å². The predicted octanol–water partition coefficient (Wildman–Crippen LogP) is 3.67. The molecule has 0 spiro atoms. The Morgan fingerprint density at radius 2 is 1.64 bits per heavy atom. The van der Waals surface area contributed by atoms with Crippen LogP contribution in [0.4, 0.5) is 17.6 Å². The molecule has 1 aromatic carbocycles. The second-order valence-electron chi connectivity index (χ2n) is 6.64. The zero-order valence-electron chi connectivity index (χ0n) is 14.2. The second kappa shape index (κ2) is 7.15. The van der Waals surface area contributed by atoms with Gasteiger partial charge in [-0.15, -0.1) is 0 Å². The fourth-order valence-corrected chi connectivity index (χ4v) is 3.11. The number of carbonyl (C=O) groups excluding carboxylic acids is 1. The minimum atomic E-state index is -1.62. The van der Waals surface area contributed by atoms with Crippen molar-refractivity contribution in [1.82, 2.24) is 0 Å². The molecular weight excluding hydrogens is 340 g/mol. The zero-order valence-corrected chi connectivity index (χ0v) is 14.2. The number of halogens is 4. The molecule has 1 aromatic rings. The van der Waals surface area contributed by atoms with Crippen molar-refractivity contribution in [2.75, 3.05) is 6.61 Å². The summed E-state index contributed by atoms with van der Waals surface area (Å²) >= 11 is 0. The first-order valence-electron chi connectivity index (χ1n) is 7.92. The van der Waals surface area contributed by atoms with Gasteiger partial charge < -0.3 is 9.84 Å². The van der Waals surface area contributed by atoms with E-state index < -0.39 is 65.9 Å². The van der Waals surface area contributed by atoms with Crippen LogP contribution in [-0.4, -0.2) is 17.7 Å². The fraction of sp³-hybridized carbons (Fsp3) is 0.500. The molecule has 2 rings (SSSR count). The van der Waals surface area contributed by atoms with E-state index >= 15 is 0 Å². The molecule has 0 heterocycles. The number of allylic oxidation sites excluding steroid dienone is 2. The van der Waals surface area contributed by atoms with Crippen LogP contribution < -0.4 is 0 Å². The largest absolute Gasteiger partial charge is 0.460 e. The molecule has 0 aliphatic heterocycles. The first-order chi connectivity index (χ1) is 11.7. The maximum Gasteiger partial charge on any atom is 0.310 e. The Morgan fingerprint density at radius 1 is 1.12 bits per heavy atom. The summed E-state index contributed by atoms with van der Waals surface area (Å²) in [5.41, 5.74) is -2.20. The summed E-state index contributed by atoms with van der Waals surface area (Å²) in [7, 11) is 0. The van der Waals surface area contributed by atoms with Crippen molar-refractivity contribution in [3.8, 4) is 0 Å². The van der Waals surface area contributed by atoms with Gasteiger partial charge in [-0.2, -0.15) is 0 Å². The van der Waals surface area contributed by atoms with Crippen LogP contribution >= 0.6 is 0 Å². The third kappa shape index (κ3) is 3.42. The van der Waals surface area contributed by atoms with E-state index in [2.05, 4.69) is 0 Å². The van der Waals surface area contributed by atoms with Gasteiger partial charge in [-0.05, 0) is 18.3 Å². The highest BCUT2D eigenvalue weighted by Crippen LogP contribution is 2.59. The molecule has 1 saturated carbocycles. The maximum absolute atomic E-state index is 14.0. The monoisotopic (exact) mass is 360 g/mol. The van der Waals surface area contributed by atoms with Crippen molar-refractivity contribution in [2.24, 2.45) is 17.3 Å². The number of esters is 1. The Balaban J connectivity index is 2.18. The summed E-state index contributed by atoms with van der Waals surface area (Å²) in [5.74, 6) is -7.61. The van der Waals surface area contributed by atoms with E-state index in [9.17, 15) is 22.4 Å². The Labute approximate surface area is 143 Å². The predicted molar refractivity (Wildman–Crippen MR) is 82.4 cm³/mol. The van der Waals surface area contributed by atoms with Gasteiger partial charge in [0.25, 0.3) is 0 Å². The highest BCUT2D eigenvalue weighted by Gasteiger charge is 2.61. The van der Waals surface area contributed by atoms with Crippen LogP contribution in [0.1, 0.15) is 31.9 Å². The molecule has 1 unspecified atom stereocenters. The minimum Gasteiger partial charge on any atom is -0.460 e. The topological polar surface area (TPSA) is 46.5 Å². The van der Waals surface area contributed by atoms with Crippen molar-refractivity contribution in [2.45, 2.75) is 33.8 Å². The number of rotatable bonds is 6. The van der Waals surface area contributed by atoms with Crippen molar-refractivity contribution in [3.05, 3.63) is 46.5 Å². The Hall–Kier alpha value is -1.89. The van der Waals surface area contributed by atoms with Gasteiger partial charge in [-0.1, -0.05) is 26.0 Å². The summed E-state index contributed by atoms with van der Waals surface area (Å²) in [6, 6.07) is 0. The van der Waals surface area contributed by atoms with E-state index in [-0.39, 0.29) is 11.3 Å². The molecule has 3 nitrogen and oxygen atoms in total. The highest BCUT2D eigenvalue weighted by atomic mass is 19.2. The molecule has 0 bridgehead atoms. The second-order valence-corrected chi connectivity index (χ2v) is 6.64. The normalized spacial score (nSPS) is 21.6. The number of aliphatic hydroxyl groups is 1. The SMILES string of the molecule is CC=CC1[C@@H](C(=O)OCc2c(F)c(F)c(CCO)c(F)c2F)C1(C)C. The smallest absolute Gasteiger partial charge is 0.310 e. The van der Waals surface area contributed by atoms with Crippen molar-refractivity contribution in [3.63, 3.8) is 0 Å². The van der Waals surface area contributed by atoms with Crippen LogP contribution in [0.3, 0.4) is 0 Å². The van der Waals surface area contributed by atoms with Gasteiger partial charge in [0.05, 0.1) is 11.5 Å². The molecule has 138 valence electrons. The first-order valence-corrected chi connectivity index (χ1v) is 7.92. The Morgan fingerprint density at radius 3 is 2.12 bits per heavy atom. The van der Waals surface area contributed by atoms with Crippen LogP contribution in [-0.2, 0) is 22.6 Å². The maximum atomic E-state index is 14.0. The molecule has 0 saturated heterocycles. The summed E-state index contributed by atoms with van der Waals surface area (Å²) in [6.45, 7) is 3.95. The van der Waals surface area contributed by atoms with Crippen molar-refractivity contribution < 1.29 is 32.2 Å². The molecule has 0 aromatic heterocycles. The minimum absolute atomic E-state index is 0.0555. The van der Waals surface area contributed by atoms with Gasteiger partial charge >= 0.3 is 5.97 Å². The number of ether oxygens (including phenoxy) is 1. The molecule has 25 heavy (non-hydrogen) atoms. The third-order valence-corrected chi connectivity index (χ3v) is 4.73. The van der Waals surface area contributed by atoms with Crippen molar-refractivity contribution in [1.29, 1.82) is 0 Å². The molecule has 0 radical (unpaired) electrons. The summed E-state index contributed by atoms with van der Waals surface area (Å²) in [5, 5.41) is 8.73. The third-order valence-electron chi connectivity index (χ3n) is 4.73. The molecule has 7 heteroatoms. The van der Waals surface area contributed by atoms with Gasteiger partial charge in [0.2, 0.25) is 0 Å². The quantitative estimate of drug-likeness (QED) is 0.364. The van der Waals surface area contributed by atoms with E-state index in [0.717, 1.165) is 0 Å². The molecule has 1 N–H and O–H groups in total. The van der Waals surface area contributed by atoms with E-state index in [1.54, 1.807) is 13.0 Å². The number of carbonyl (C=O) groups is 1. The lowest BCUT2D eigenvalue weighted by Crippen LogP contribution is -2.15. The lowest BCUT2D eigenvalue weighted by atomic mass is 10.1. The highest BCUT2D eigenvalue weighted by molar-refractivity contribution is 5.78. The zero-order chi connectivity index (χ0) is 18.9. The van der Waals surface area contributed by atoms with Gasteiger partial charge in [0.15, 0.2) is 23.3 Å². The van der Waals surface area contributed by atoms with E-state index in [4.69, 9.17) is 9.84 Å². The number of aliphatic hydroxyl groups excluding tert-OH is 1. The van der Waals surface area contributed by atoms with Crippen LogP contribution in [0.25, 0.3) is 0 Å². The van der Waals surface area contributed by atoms with Gasteiger partial charge in [-0.3, -0.25) is 4.79 Å². The van der Waals surface area contributed by atoms with Gasteiger partial charge in [0, 0.05) is 18.6 Å². The van der Waals surface area contributed by atoms with Crippen LogP contribution in [0.5, 0.6) is 0 Å². The van der Waals surface area contributed by atoms with Crippen LogP contribution in [0.15, 0.2) is 12.2 Å². The summed E-state index contributed by atoms with van der Waals surface area (Å²) in [4.78, 5) is 12.1. The van der Waals surface area contributed by atoms with Crippen molar-refractivity contribution >= 4 is 5.97 Å². The molecule has 1 aliphatic rings. The van der Waals surface area contributed by atoms with Gasteiger partial charge in [-0.25, -0.2) is 17.6 Å². The molecule has 1 aliphatic carbocycles. The van der Waals surface area contributed by atoms with Gasteiger partial charge in [0.1, 0.15) is 6.61 Å². The number of hydrogen-bond donors (Lipinski definition) is 1. The Bertz CT molecular complexity index is 684. The summed E-state index contributed by atoms with van der Waals surface area (Å²) in [6.07, 6.45) is 3.08. The lowest BCUT2D eigenvalue weighted by molar-refractivity contribution is -0.147. The Kier molecular flexibility index (Phi) is 5.56. The summed E-state index contributed by atoms with van der Waals surface area (Å²) < 4.78 is 60.5. The average molecular weight is 360 g/mol. The fourth-order valence-electron chi connectivity index (χ4n) is 3.11. The van der Waals surface area contributed by atoms with Crippen LogP contribution in [0, 0.1) is 40.5 Å². The molecule has 2 atom stereocenters. The molecular formula is C18H20F4O3. The van der Waals surface area contributed by atoms with Crippen LogP contribution in [0.2, 0.25) is 0 Å².